The van der Waals surface area contributed by atoms with E-state index in [0.717, 1.165) is 26.2 Å². The minimum absolute atomic E-state index is 0.00634. The minimum Gasteiger partial charge on any atom is -0.368 e. The lowest BCUT2D eigenvalue weighted by molar-refractivity contribution is 0.0963. The molecule has 116 valence electrons. The van der Waals surface area contributed by atoms with Crippen LogP contribution in [0.1, 0.15) is 10.4 Å². The fraction of sp³-hybridized carbons (Fsp3) is 0.462. The van der Waals surface area contributed by atoms with Crippen LogP contribution in [0.5, 0.6) is 0 Å². The van der Waals surface area contributed by atoms with Crippen LogP contribution < -0.4 is 15.4 Å². The smallest absolute Gasteiger partial charge is 0.251 e. The van der Waals surface area contributed by atoms with Gasteiger partial charge in [0.2, 0.25) is 10.0 Å². The molecule has 8 heteroatoms. The third-order valence-electron chi connectivity index (χ3n) is 3.60. The van der Waals surface area contributed by atoms with Crippen LogP contribution in [0.2, 0.25) is 0 Å². The first kappa shape index (κ1) is 15.7. The highest BCUT2D eigenvalue weighted by Crippen LogP contribution is 2.26. The van der Waals surface area contributed by atoms with Crippen molar-refractivity contribution in [3.8, 4) is 0 Å². The number of carbonyl (C=O) groups excluding carboxylic acids is 1. The van der Waals surface area contributed by atoms with Gasteiger partial charge in [-0.1, -0.05) is 0 Å². The third kappa shape index (κ3) is 3.52. The molecule has 0 spiro atoms. The zero-order chi connectivity index (χ0) is 15.6. The van der Waals surface area contributed by atoms with Gasteiger partial charge in [-0.25, -0.2) is 13.6 Å². The molecule has 0 unspecified atom stereocenters. The number of hydrogen-bond donors (Lipinski definition) is 2. The first-order valence-corrected chi connectivity index (χ1v) is 8.20. The average Bonchev–Trinajstić information content (AvgIpc) is 2.46. The fourth-order valence-electron chi connectivity index (χ4n) is 2.34. The molecule has 7 nitrogen and oxygen atoms in total. The van der Waals surface area contributed by atoms with E-state index in [4.69, 9.17) is 5.14 Å². The lowest BCUT2D eigenvalue weighted by Crippen LogP contribution is -2.45. The van der Waals surface area contributed by atoms with E-state index in [1.54, 1.807) is 12.1 Å². The van der Waals surface area contributed by atoms with E-state index in [-0.39, 0.29) is 16.4 Å². The van der Waals surface area contributed by atoms with Gasteiger partial charge in [-0.2, -0.15) is 0 Å². The number of nitrogens with one attached hydrogen (secondary N) is 1. The Hall–Kier alpha value is -1.64. The molecule has 1 aliphatic rings. The summed E-state index contributed by atoms with van der Waals surface area (Å²) in [6.07, 6.45) is 0. The van der Waals surface area contributed by atoms with Gasteiger partial charge in [0.1, 0.15) is 4.90 Å². The summed E-state index contributed by atoms with van der Waals surface area (Å²) >= 11 is 0. The Balaban J connectivity index is 2.43. The lowest BCUT2D eigenvalue weighted by Gasteiger charge is -2.34. The number of rotatable bonds is 3. The largest absolute Gasteiger partial charge is 0.368 e. The molecule has 0 radical (unpaired) electrons. The molecule has 2 rings (SSSR count). The summed E-state index contributed by atoms with van der Waals surface area (Å²) in [6, 6.07) is 4.60. The van der Waals surface area contributed by atoms with Gasteiger partial charge >= 0.3 is 0 Å². The average molecular weight is 312 g/mol. The maximum Gasteiger partial charge on any atom is 0.251 e. The van der Waals surface area contributed by atoms with Crippen molar-refractivity contribution in [1.82, 2.24) is 10.2 Å². The van der Waals surface area contributed by atoms with Gasteiger partial charge in [0.15, 0.2) is 0 Å². The van der Waals surface area contributed by atoms with E-state index >= 15 is 0 Å². The van der Waals surface area contributed by atoms with Crippen LogP contribution in [0.3, 0.4) is 0 Å². The Morgan fingerprint density at radius 1 is 1.24 bits per heavy atom. The number of piperazine rings is 1. The Kier molecular flexibility index (Phi) is 4.50. The third-order valence-corrected chi connectivity index (χ3v) is 4.54. The molecule has 1 aliphatic heterocycles. The van der Waals surface area contributed by atoms with Crippen LogP contribution in [0.25, 0.3) is 0 Å². The molecule has 0 atom stereocenters. The van der Waals surface area contributed by atoms with Crippen molar-refractivity contribution in [2.75, 3.05) is 45.2 Å². The highest BCUT2D eigenvalue weighted by Gasteiger charge is 2.23. The number of benzene rings is 1. The van der Waals surface area contributed by atoms with Crippen molar-refractivity contribution >= 4 is 21.6 Å². The number of hydrogen-bond acceptors (Lipinski definition) is 5. The van der Waals surface area contributed by atoms with Gasteiger partial charge in [-0.3, -0.25) is 4.79 Å². The van der Waals surface area contributed by atoms with Crippen LogP contribution in [0.15, 0.2) is 23.1 Å². The summed E-state index contributed by atoms with van der Waals surface area (Å²) < 4.78 is 23.7. The van der Waals surface area contributed by atoms with Gasteiger partial charge in [0.05, 0.1) is 5.69 Å². The van der Waals surface area contributed by atoms with Gasteiger partial charge < -0.3 is 15.1 Å². The summed E-state index contributed by atoms with van der Waals surface area (Å²) in [5, 5.41) is 7.78. The predicted octanol–water partition coefficient (Wildman–Crippen LogP) is -0.555. The standard InChI is InChI=1S/C13H20N4O3S/c1-15-13(18)10-3-4-11(12(9-10)21(14,19)20)17-7-5-16(2)6-8-17/h3-4,9H,5-8H2,1-2H3,(H,15,18)(H2,14,19,20). The summed E-state index contributed by atoms with van der Waals surface area (Å²) in [7, 11) is -0.382. The molecule has 3 N–H and O–H groups in total. The maximum absolute atomic E-state index is 11.8. The van der Waals surface area contributed by atoms with Crippen molar-refractivity contribution in [3.05, 3.63) is 23.8 Å². The molecule has 0 bridgehead atoms. The molecule has 0 saturated carbocycles. The number of nitrogens with two attached hydrogens (primary N) is 1. The summed E-state index contributed by atoms with van der Waals surface area (Å²) in [6.45, 7) is 3.14. The summed E-state index contributed by atoms with van der Waals surface area (Å²) in [4.78, 5) is 15.8. The number of sulfonamides is 1. The van der Waals surface area contributed by atoms with Crippen molar-refractivity contribution in [2.24, 2.45) is 5.14 Å². The zero-order valence-electron chi connectivity index (χ0n) is 12.2. The van der Waals surface area contributed by atoms with Crippen LogP contribution in [0, 0.1) is 0 Å². The maximum atomic E-state index is 11.8. The van der Waals surface area contributed by atoms with E-state index in [0.29, 0.717) is 5.69 Å². The Bertz CT molecular complexity index is 637. The Morgan fingerprint density at radius 2 is 1.86 bits per heavy atom. The quantitative estimate of drug-likeness (QED) is 0.780. The number of primary sulfonamides is 1. The molecule has 1 amide bonds. The fourth-order valence-corrected chi connectivity index (χ4v) is 3.12. The molecule has 0 aromatic heterocycles. The number of amides is 1. The number of likely N-dealkylation sites (N-methyl/N-ethyl adjacent to an activating group) is 1. The zero-order valence-corrected chi connectivity index (χ0v) is 13.0. The van der Waals surface area contributed by atoms with Crippen molar-refractivity contribution in [2.45, 2.75) is 4.90 Å². The second-order valence-electron chi connectivity index (χ2n) is 5.10. The predicted molar refractivity (Wildman–Crippen MR) is 80.9 cm³/mol. The molecule has 1 heterocycles. The first-order chi connectivity index (χ1) is 9.82. The van der Waals surface area contributed by atoms with Crippen LogP contribution in [0.4, 0.5) is 5.69 Å². The van der Waals surface area contributed by atoms with Crippen LogP contribution in [-0.2, 0) is 10.0 Å². The van der Waals surface area contributed by atoms with Gasteiger partial charge in [0.25, 0.3) is 5.91 Å². The van der Waals surface area contributed by atoms with Crippen molar-refractivity contribution < 1.29 is 13.2 Å². The molecular formula is C13H20N4O3S. The molecular weight excluding hydrogens is 292 g/mol. The Morgan fingerprint density at radius 3 is 2.38 bits per heavy atom. The van der Waals surface area contributed by atoms with E-state index in [1.807, 2.05) is 11.9 Å². The van der Waals surface area contributed by atoms with Crippen LogP contribution >= 0.6 is 0 Å². The van der Waals surface area contributed by atoms with Crippen molar-refractivity contribution in [3.63, 3.8) is 0 Å². The summed E-state index contributed by atoms with van der Waals surface area (Å²) in [5.41, 5.74) is 0.831. The lowest BCUT2D eigenvalue weighted by atomic mass is 10.1. The first-order valence-electron chi connectivity index (χ1n) is 6.65. The molecule has 1 saturated heterocycles. The van der Waals surface area contributed by atoms with E-state index in [2.05, 4.69) is 10.2 Å². The van der Waals surface area contributed by atoms with Gasteiger partial charge in [-0.05, 0) is 25.2 Å². The monoisotopic (exact) mass is 312 g/mol. The normalized spacial score (nSPS) is 16.8. The molecule has 1 aromatic rings. The van der Waals surface area contributed by atoms with E-state index < -0.39 is 10.0 Å². The molecule has 1 fully saturated rings. The van der Waals surface area contributed by atoms with Crippen LogP contribution in [-0.4, -0.2) is 59.5 Å². The van der Waals surface area contributed by atoms with Gasteiger partial charge in [-0.15, -0.1) is 0 Å². The number of carbonyl (C=O) groups is 1. The van der Waals surface area contributed by atoms with Crippen molar-refractivity contribution in [1.29, 1.82) is 0 Å². The molecule has 21 heavy (non-hydrogen) atoms. The second-order valence-corrected chi connectivity index (χ2v) is 6.63. The molecule has 1 aromatic carbocycles. The van der Waals surface area contributed by atoms with E-state index in [9.17, 15) is 13.2 Å². The summed E-state index contributed by atoms with van der Waals surface area (Å²) in [5.74, 6) is -0.343. The minimum atomic E-state index is -3.90. The molecule has 0 aliphatic carbocycles. The second kappa shape index (κ2) is 6.00. The number of anilines is 1. The Labute approximate surface area is 124 Å². The highest BCUT2D eigenvalue weighted by molar-refractivity contribution is 7.89. The van der Waals surface area contributed by atoms with Gasteiger partial charge in [0, 0.05) is 38.8 Å². The highest BCUT2D eigenvalue weighted by atomic mass is 32.2. The SMILES string of the molecule is CNC(=O)c1ccc(N2CCN(C)CC2)c(S(N)(=O)=O)c1. The topological polar surface area (TPSA) is 95.7 Å². The number of nitrogens with zero attached hydrogens (tertiary/aromatic N) is 2. The van der Waals surface area contributed by atoms with E-state index in [1.165, 1.54) is 13.1 Å².